The Morgan fingerprint density at radius 1 is 1.47 bits per heavy atom. The molecule has 2 N–H and O–H groups in total. The molecule has 19 heavy (non-hydrogen) atoms. The summed E-state index contributed by atoms with van der Waals surface area (Å²) in [5.41, 5.74) is 1.06. The summed E-state index contributed by atoms with van der Waals surface area (Å²) >= 11 is 5.93. The molecule has 0 radical (unpaired) electrons. The molecule has 2 rings (SSSR count). The van der Waals surface area contributed by atoms with E-state index in [1.807, 2.05) is 35.0 Å². The van der Waals surface area contributed by atoms with Crippen molar-refractivity contribution in [1.82, 2.24) is 9.88 Å². The second-order valence-corrected chi connectivity index (χ2v) is 5.05. The van der Waals surface area contributed by atoms with E-state index < -0.39 is 0 Å². The van der Waals surface area contributed by atoms with Crippen molar-refractivity contribution >= 4 is 28.4 Å². The third-order valence-corrected chi connectivity index (χ3v) is 3.23. The first-order valence-electron chi connectivity index (χ1n) is 6.25. The lowest BCUT2D eigenvalue weighted by Crippen LogP contribution is -2.35. The van der Waals surface area contributed by atoms with Crippen LogP contribution in [-0.2, 0) is 11.3 Å². The van der Waals surface area contributed by atoms with Crippen LogP contribution in [0.3, 0.4) is 0 Å². The van der Waals surface area contributed by atoms with E-state index in [1.165, 1.54) is 0 Å². The van der Waals surface area contributed by atoms with Crippen LogP contribution in [0.1, 0.15) is 13.3 Å². The summed E-state index contributed by atoms with van der Waals surface area (Å²) in [4.78, 5) is 11.6. The van der Waals surface area contributed by atoms with Crippen molar-refractivity contribution in [2.24, 2.45) is 0 Å². The topological polar surface area (TPSA) is 54.3 Å². The van der Waals surface area contributed by atoms with Gasteiger partial charge in [-0.2, -0.15) is 0 Å². The predicted octanol–water partition coefficient (Wildman–Crippen LogP) is 2.18. The average Bonchev–Trinajstić information content (AvgIpc) is 2.78. The number of aliphatic hydroxyl groups is 1. The number of aromatic nitrogens is 1. The van der Waals surface area contributed by atoms with Crippen molar-refractivity contribution in [3.8, 4) is 0 Å². The molecule has 1 amide bonds. The van der Waals surface area contributed by atoms with Gasteiger partial charge in [0.1, 0.15) is 0 Å². The van der Waals surface area contributed by atoms with E-state index in [-0.39, 0.29) is 18.6 Å². The lowest BCUT2D eigenvalue weighted by Gasteiger charge is -2.11. The fraction of sp³-hybridized carbons (Fsp3) is 0.357. The molecule has 1 atom stereocenters. The Hall–Kier alpha value is -1.52. The molecule has 5 heteroatoms. The zero-order chi connectivity index (χ0) is 13.8. The molecule has 4 nitrogen and oxygen atoms in total. The number of rotatable bonds is 5. The number of nitrogens with zero attached hydrogens (tertiary/aromatic N) is 1. The molecule has 0 aliphatic carbocycles. The van der Waals surface area contributed by atoms with Gasteiger partial charge in [-0.1, -0.05) is 11.6 Å². The van der Waals surface area contributed by atoms with E-state index >= 15 is 0 Å². The lowest BCUT2D eigenvalue weighted by atomic mass is 10.2. The Labute approximate surface area is 117 Å². The molecule has 1 aromatic heterocycles. The minimum Gasteiger partial charge on any atom is -0.394 e. The fourth-order valence-electron chi connectivity index (χ4n) is 1.98. The summed E-state index contributed by atoms with van der Waals surface area (Å²) in [5.74, 6) is -0.0580. The zero-order valence-electron chi connectivity index (χ0n) is 10.8. The van der Waals surface area contributed by atoms with Gasteiger partial charge in [-0.25, -0.2) is 0 Å². The number of halogens is 1. The summed E-state index contributed by atoms with van der Waals surface area (Å²) in [6.07, 6.45) is 2.33. The highest BCUT2D eigenvalue weighted by Crippen LogP contribution is 2.20. The standard InChI is InChI=1S/C14H17ClN2O2/c1-10(9-18)16-14(19)5-7-17-6-4-11-8-12(15)2-3-13(11)17/h2-4,6,8,10,18H,5,7,9H2,1H3,(H,16,19). The molecule has 1 unspecified atom stereocenters. The van der Waals surface area contributed by atoms with Gasteiger partial charge in [0.2, 0.25) is 5.91 Å². The molecule has 0 bridgehead atoms. The molecule has 0 saturated carbocycles. The van der Waals surface area contributed by atoms with Gasteiger partial charge in [0.25, 0.3) is 0 Å². The Balaban J connectivity index is 2.00. The number of aliphatic hydroxyl groups excluding tert-OH is 1. The van der Waals surface area contributed by atoms with E-state index in [9.17, 15) is 4.79 Å². The van der Waals surface area contributed by atoms with Crippen LogP contribution in [0.4, 0.5) is 0 Å². The van der Waals surface area contributed by atoms with Crippen LogP contribution in [0.25, 0.3) is 10.9 Å². The predicted molar refractivity (Wildman–Crippen MR) is 76.3 cm³/mol. The van der Waals surface area contributed by atoms with Gasteiger partial charge in [-0.05, 0) is 31.2 Å². The lowest BCUT2D eigenvalue weighted by molar-refractivity contribution is -0.122. The Morgan fingerprint density at radius 2 is 2.26 bits per heavy atom. The third kappa shape index (κ3) is 3.49. The maximum absolute atomic E-state index is 11.6. The Morgan fingerprint density at radius 3 is 3.00 bits per heavy atom. The van der Waals surface area contributed by atoms with Crippen molar-refractivity contribution in [2.45, 2.75) is 25.9 Å². The van der Waals surface area contributed by atoms with Gasteiger partial charge >= 0.3 is 0 Å². The molecule has 0 spiro atoms. The molecule has 0 aliphatic rings. The number of carbonyl (C=O) groups excluding carboxylic acids is 1. The maximum atomic E-state index is 11.6. The largest absolute Gasteiger partial charge is 0.394 e. The van der Waals surface area contributed by atoms with Gasteiger partial charge in [0, 0.05) is 41.1 Å². The molecular weight excluding hydrogens is 264 g/mol. The SMILES string of the molecule is CC(CO)NC(=O)CCn1ccc2cc(Cl)ccc21. The number of benzene rings is 1. The molecule has 1 heterocycles. The van der Waals surface area contributed by atoms with Crippen molar-refractivity contribution < 1.29 is 9.90 Å². The van der Waals surface area contributed by atoms with Crippen LogP contribution in [-0.4, -0.2) is 28.2 Å². The first-order valence-corrected chi connectivity index (χ1v) is 6.62. The zero-order valence-corrected chi connectivity index (χ0v) is 11.5. The van der Waals surface area contributed by atoms with Crippen LogP contribution in [0.15, 0.2) is 30.5 Å². The summed E-state index contributed by atoms with van der Waals surface area (Å²) in [7, 11) is 0. The van der Waals surface area contributed by atoms with Gasteiger partial charge in [0.15, 0.2) is 0 Å². The minimum absolute atomic E-state index is 0.0450. The quantitative estimate of drug-likeness (QED) is 0.882. The molecule has 0 saturated heterocycles. The highest BCUT2D eigenvalue weighted by Gasteiger charge is 2.07. The second kappa shape index (κ2) is 6.08. The van der Waals surface area contributed by atoms with Crippen LogP contribution in [0, 0.1) is 0 Å². The van der Waals surface area contributed by atoms with Crippen LogP contribution in [0.5, 0.6) is 0 Å². The van der Waals surface area contributed by atoms with Crippen LogP contribution < -0.4 is 5.32 Å². The molecule has 0 aliphatic heterocycles. The van der Waals surface area contributed by atoms with Gasteiger partial charge in [0.05, 0.1) is 6.61 Å². The highest BCUT2D eigenvalue weighted by atomic mass is 35.5. The smallest absolute Gasteiger partial charge is 0.222 e. The monoisotopic (exact) mass is 280 g/mol. The van der Waals surface area contributed by atoms with Crippen LogP contribution in [0.2, 0.25) is 5.02 Å². The first kappa shape index (κ1) is 13.9. The number of amides is 1. The van der Waals surface area contributed by atoms with Crippen molar-refractivity contribution in [1.29, 1.82) is 0 Å². The molecule has 102 valence electrons. The number of aryl methyl sites for hydroxylation is 1. The number of hydrogen-bond acceptors (Lipinski definition) is 2. The van der Waals surface area contributed by atoms with Crippen molar-refractivity contribution in [3.05, 3.63) is 35.5 Å². The fourth-order valence-corrected chi connectivity index (χ4v) is 2.16. The number of fused-ring (bicyclic) bond motifs is 1. The van der Waals surface area contributed by atoms with E-state index in [4.69, 9.17) is 16.7 Å². The normalized spacial score (nSPS) is 12.6. The number of nitrogens with one attached hydrogen (secondary N) is 1. The van der Waals surface area contributed by atoms with Crippen LogP contribution >= 0.6 is 11.6 Å². The van der Waals surface area contributed by atoms with Gasteiger partial charge < -0.3 is 15.0 Å². The van der Waals surface area contributed by atoms with E-state index in [2.05, 4.69) is 5.32 Å². The van der Waals surface area contributed by atoms with Crippen molar-refractivity contribution in [3.63, 3.8) is 0 Å². The van der Waals surface area contributed by atoms with Gasteiger partial charge in [-0.15, -0.1) is 0 Å². The third-order valence-electron chi connectivity index (χ3n) is 2.99. The second-order valence-electron chi connectivity index (χ2n) is 4.61. The molecule has 0 fully saturated rings. The summed E-state index contributed by atoms with van der Waals surface area (Å²) in [5, 5.41) is 13.4. The highest BCUT2D eigenvalue weighted by molar-refractivity contribution is 6.31. The molecule has 1 aromatic carbocycles. The summed E-state index contributed by atoms with van der Waals surface area (Å²) in [6.45, 7) is 2.33. The van der Waals surface area contributed by atoms with E-state index in [0.29, 0.717) is 18.0 Å². The molecule has 2 aromatic rings. The number of carbonyl (C=O) groups is 1. The number of hydrogen-bond donors (Lipinski definition) is 2. The van der Waals surface area contributed by atoms with Crippen molar-refractivity contribution in [2.75, 3.05) is 6.61 Å². The average molecular weight is 281 g/mol. The van der Waals surface area contributed by atoms with E-state index in [0.717, 1.165) is 10.9 Å². The maximum Gasteiger partial charge on any atom is 0.222 e. The molecular formula is C14H17ClN2O2. The summed E-state index contributed by atoms with van der Waals surface area (Å²) < 4.78 is 2.02. The van der Waals surface area contributed by atoms with E-state index in [1.54, 1.807) is 6.92 Å². The summed E-state index contributed by atoms with van der Waals surface area (Å²) in [6, 6.07) is 7.48. The van der Waals surface area contributed by atoms with Gasteiger partial charge in [-0.3, -0.25) is 4.79 Å². The Bertz CT molecular complexity index is 580. The first-order chi connectivity index (χ1) is 9.10. The minimum atomic E-state index is -0.201. The Kier molecular flexibility index (Phi) is 4.45.